The first-order chi connectivity index (χ1) is 10.6. The summed E-state index contributed by atoms with van der Waals surface area (Å²) in [5, 5.41) is 11.2. The quantitative estimate of drug-likeness (QED) is 0.617. The van der Waals surface area contributed by atoms with Gasteiger partial charge in [-0.3, -0.25) is 10.1 Å². The number of anilines is 1. The highest BCUT2D eigenvalue weighted by Crippen LogP contribution is 2.25. The van der Waals surface area contributed by atoms with Gasteiger partial charge in [0.1, 0.15) is 5.75 Å². The average molecular weight is 337 g/mol. The van der Waals surface area contributed by atoms with Crippen LogP contribution in [0, 0.1) is 0 Å². The van der Waals surface area contributed by atoms with Gasteiger partial charge in [0, 0.05) is 0 Å². The van der Waals surface area contributed by atoms with Crippen LogP contribution >= 0.6 is 23.1 Å². The van der Waals surface area contributed by atoms with E-state index in [1.807, 2.05) is 31.2 Å². The van der Waals surface area contributed by atoms with Gasteiger partial charge in [0.2, 0.25) is 5.13 Å². The fourth-order valence-electron chi connectivity index (χ4n) is 1.80. The Morgan fingerprint density at radius 2 is 2.14 bits per heavy atom. The molecule has 0 saturated carbocycles. The van der Waals surface area contributed by atoms with Crippen molar-refractivity contribution < 1.29 is 9.53 Å². The molecule has 5 nitrogen and oxygen atoms in total. The lowest BCUT2D eigenvalue weighted by atomic mass is 10.1. The van der Waals surface area contributed by atoms with E-state index in [0.717, 1.165) is 27.8 Å². The Labute approximate surface area is 138 Å². The number of nitrogens with zero attached hydrogens (tertiary/aromatic N) is 2. The van der Waals surface area contributed by atoms with E-state index < -0.39 is 6.10 Å². The van der Waals surface area contributed by atoms with Crippen molar-refractivity contribution in [2.45, 2.75) is 37.6 Å². The zero-order valence-corrected chi connectivity index (χ0v) is 14.5. The highest BCUT2D eigenvalue weighted by atomic mass is 32.2. The van der Waals surface area contributed by atoms with Crippen molar-refractivity contribution in [3.8, 4) is 5.75 Å². The van der Waals surface area contributed by atoms with E-state index in [4.69, 9.17) is 4.74 Å². The van der Waals surface area contributed by atoms with Crippen LogP contribution in [0.2, 0.25) is 0 Å². The van der Waals surface area contributed by atoms with Crippen LogP contribution in [-0.2, 0) is 11.2 Å². The third-order valence-corrected chi connectivity index (χ3v) is 4.79. The van der Waals surface area contributed by atoms with Crippen molar-refractivity contribution in [2.75, 3.05) is 11.1 Å². The van der Waals surface area contributed by atoms with Crippen LogP contribution in [0.3, 0.4) is 0 Å². The molecular weight excluding hydrogens is 318 g/mol. The minimum atomic E-state index is -0.598. The maximum Gasteiger partial charge on any atom is 0.266 e. The molecule has 0 radical (unpaired) electrons. The number of rotatable bonds is 7. The summed E-state index contributed by atoms with van der Waals surface area (Å²) in [6.07, 6.45) is 0.261. The zero-order chi connectivity index (χ0) is 15.9. The van der Waals surface area contributed by atoms with Gasteiger partial charge in [-0.1, -0.05) is 55.1 Å². The van der Waals surface area contributed by atoms with E-state index in [0.29, 0.717) is 5.13 Å². The maximum absolute atomic E-state index is 12.2. The van der Waals surface area contributed by atoms with Gasteiger partial charge in [0.25, 0.3) is 5.91 Å². The molecule has 0 aliphatic rings. The molecule has 2 aromatic rings. The Balaban J connectivity index is 1.96. The summed E-state index contributed by atoms with van der Waals surface area (Å²) < 4.78 is 6.61. The molecule has 0 aliphatic heterocycles. The highest BCUT2D eigenvalue weighted by molar-refractivity contribution is 8.01. The molecule has 0 spiro atoms. The Morgan fingerprint density at radius 3 is 2.86 bits per heavy atom. The second-order valence-corrected chi connectivity index (χ2v) is 7.01. The van der Waals surface area contributed by atoms with Crippen LogP contribution < -0.4 is 10.1 Å². The Bertz CT molecular complexity index is 631. The molecule has 1 atom stereocenters. The molecule has 0 unspecified atom stereocenters. The third kappa shape index (κ3) is 4.45. The van der Waals surface area contributed by atoms with Gasteiger partial charge in [-0.15, -0.1) is 10.2 Å². The molecule has 2 rings (SSSR count). The number of aromatic nitrogens is 2. The number of hydrogen-bond donors (Lipinski definition) is 1. The van der Waals surface area contributed by atoms with Gasteiger partial charge < -0.3 is 4.74 Å². The van der Waals surface area contributed by atoms with Crippen molar-refractivity contribution in [2.24, 2.45) is 0 Å². The molecular formula is C15H19N3O2S2. The first-order valence-electron chi connectivity index (χ1n) is 7.15. The van der Waals surface area contributed by atoms with Crippen molar-refractivity contribution >= 4 is 34.1 Å². The van der Waals surface area contributed by atoms with Gasteiger partial charge in [0.05, 0.1) is 0 Å². The van der Waals surface area contributed by atoms with E-state index in [-0.39, 0.29) is 5.91 Å². The predicted octanol–water partition coefficient (Wildman–Crippen LogP) is 3.62. The van der Waals surface area contributed by atoms with Crippen molar-refractivity contribution in [1.82, 2.24) is 10.2 Å². The minimum Gasteiger partial charge on any atom is -0.481 e. The molecule has 1 N–H and O–H groups in total. The molecule has 0 saturated heterocycles. The number of nitrogens with one attached hydrogen (secondary N) is 1. The second-order valence-electron chi connectivity index (χ2n) is 4.52. The lowest BCUT2D eigenvalue weighted by molar-refractivity contribution is -0.122. The van der Waals surface area contributed by atoms with E-state index in [1.165, 1.54) is 11.3 Å². The monoisotopic (exact) mass is 337 g/mol. The van der Waals surface area contributed by atoms with Gasteiger partial charge in [0.15, 0.2) is 10.4 Å². The molecule has 1 aromatic carbocycles. The molecule has 1 heterocycles. The van der Waals surface area contributed by atoms with Gasteiger partial charge >= 0.3 is 0 Å². The summed E-state index contributed by atoms with van der Waals surface area (Å²) in [6, 6.07) is 7.74. The highest BCUT2D eigenvalue weighted by Gasteiger charge is 2.18. The van der Waals surface area contributed by atoms with E-state index in [1.54, 1.807) is 18.7 Å². The van der Waals surface area contributed by atoms with E-state index >= 15 is 0 Å². The number of thioether (sulfide) groups is 1. The number of aryl methyl sites for hydroxylation is 1. The normalized spacial score (nSPS) is 12.0. The molecule has 118 valence electrons. The Hall–Kier alpha value is -1.60. The topological polar surface area (TPSA) is 64.1 Å². The SMILES string of the molecule is CCSc1nnc(NC(=O)[C@H](C)Oc2ccccc2CC)s1. The molecule has 1 amide bonds. The second kappa shape index (κ2) is 8.14. The van der Waals surface area contributed by atoms with E-state index in [2.05, 4.69) is 22.4 Å². The fourth-order valence-corrected chi connectivity index (χ4v) is 3.46. The van der Waals surface area contributed by atoms with Crippen LogP contribution in [0.15, 0.2) is 28.6 Å². The molecule has 7 heteroatoms. The molecule has 22 heavy (non-hydrogen) atoms. The number of carbonyl (C=O) groups is 1. The molecule has 1 aromatic heterocycles. The number of carbonyl (C=O) groups excluding carboxylic acids is 1. The number of para-hydroxylation sites is 1. The number of benzene rings is 1. The zero-order valence-electron chi connectivity index (χ0n) is 12.8. The van der Waals surface area contributed by atoms with Crippen LogP contribution in [0.1, 0.15) is 26.3 Å². The summed E-state index contributed by atoms with van der Waals surface area (Å²) in [7, 11) is 0. The van der Waals surface area contributed by atoms with Crippen LogP contribution in [0.25, 0.3) is 0 Å². The van der Waals surface area contributed by atoms with Crippen LogP contribution in [0.5, 0.6) is 5.75 Å². The minimum absolute atomic E-state index is 0.227. The van der Waals surface area contributed by atoms with Gasteiger partial charge in [-0.05, 0) is 30.7 Å². The summed E-state index contributed by atoms with van der Waals surface area (Å²) in [5.74, 6) is 1.44. The Morgan fingerprint density at radius 1 is 1.36 bits per heavy atom. The number of ether oxygens (including phenoxy) is 1. The largest absolute Gasteiger partial charge is 0.481 e. The fraction of sp³-hybridized carbons (Fsp3) is 0.400. The predicted molar refractivity (Wildman–Crippen MR) is 90.8 cm³/mol. The van der Waals surface area contributed by atoms with Gasteiger partial charge in [-0.2, -0.15) is 0 Å². The first-order valence-corrected chi connectivity index (χ1v) is 8.96. The Kier molecular flexibility index (Phi) is 6.21. The first kappa shape index (κ1) is 16.8. The summed E-state index contributed by atoms with van der Waals surface area (Å²) in [4.78, 5) is 12.2. The smallest absolute Gasteiger partial charge is 0.266 e. The van der Waals surface area contributed by atoms with Crippen molar-refractivity contribution in [3.63, 3.8) is 0 Å². The lowest BCUT2D eigenvalue weighted by Gasteiger charge is -2.15. The summed E-state index contributed by atoms with van der Waals surface area (Å²) in [6.45, 7) is 5.83. The van der Waals surface area contributed by atoms with Crippen molar-refractivity contribution in [1.29, 1.82) is 0 Å². The average Bonchev–Trinajstić information content (AvgIpc) is 2.95. The van der Waals surface area contributed by atoms with Gasteiger partial charge in [-0.25, -0.2) is 0 Å². The van der Waals surface area contributed by atoms with Crippen molar-refractivity contribution in [3.05, 3.63) is 29.8 Å². The van der Waals surface area contributed by atoms with Crippen LogP contribution in [0.4, 0.5) is 5.13 Å². The standard InChI is InChI=1S/C15H19N3O2S2/c1-4-11-8-6-7-9-12(11)20-10(3)13(19)16-14-17-18-15(22-14)21-5-2/h6-10H,4-5H2,1-3H3,(H,16,17,19)/t10-/m0/s1. The van der Waals surface area contributed by atoms with E-state index in [9.17, 15) is 4.79 Å². The maximum atomic E-state index is 12.2. The lowest BCUT2D eigenvalue weighted by Crippen LogP contribution is -2.30. The molecule has 0 aliphatic carbocycles. The van der Waals surface area contributed by atoms with Crippen LogP contribution in [-0.4, -0.2) is 28.0 Å². The third-order valence-electron chi connectivity index (χ3n) is 2.93. The molecule has 0 bridgehead atoms. The molecule has 0 fully saturated rings. The number of hydrogen-bond acceptors (Lipinski definition) is 6. The summed E-state index contributed by atoms with van der Waals surface area (Å²) in [5.41, 5.74) is 1.08. The number of amides is 1. The summed E-state index contributed by atoms with van der Waals surface area (Å²) >= 11 is 2.97.